The molecule has 0 radical (unpaired) electrons. The predicted molar refractivity (Wildman–Crippen MR) is 95.6 cm³/mol. The standard InChI is InChI=1S/C17H17F3N4O5S/c18-17(19,20)12-2-4-13(5-3-12)30(28,29)24-9-8-22(10-14(24)16(26)27)15(25)11-23-7-1-6-21-23/h1-7,14H,8-11H2,(H,26,27)/t14-/m1/s1. The number of carboxylic acids is 1. The molecule has 0 aliphatic carbocycles. The van der Waals surface area contributed by atoms with Crippen LogP contribution in [0.15, 0.2) is 47.6 Å². The van der Waals surface area contributed by atoms with Gasteiger partial charge in [-0.2, -0.15) is 22.6 Å². The van der Waals surface area contributed by atoms with Crippen molar-refractivity contribution in [1.29, 1.82) is 0 Å². The van der Waals surface area contributed by atoms with Crippen molar-refractivity contribution in [3.8, 4) is 0 Å². The van der Waals surface area contributed by atoms with Crippen molar-refractivity contribution in [2.45, 2.75) is 23.7 Å². The summed E-state index contributed by atoms with van der Waals surface area (Å²) in [5.74, 6) is -1.90. The number of halogens is 3. The van der Waals surface area contributed by atoms with Gasteiger partial charge < -0.3 is 10.0 Å². The minimum Gasteiger partial charge on any atom is -0.480 e. The summed E-state index contributed by atoms with van der Waals surface area (Å²) < 4.78 is 65.9. The first-order chi connectivity index (χ1) is 14.0. The Morgan fingerprint density at radius 1 is 1.17 bits per heavy atom. The summed E-state index contributed by atoms with van der Waals surface area (Å²) in [6, 6.07) is 2.84. The highest BCUT2D eigenvalue weighted by Crippen LogP contribution is 2.30. The van der Waals surface area contributed by atoms with Gasteiger partial charge in [-0.05, 0) is 30.3 Å². The number of aromatic nitrogens is 2. The maximum atomic E-state index is 12.9. The zero-order valence-corrected chi connectivity index (χ0v) is 16.2. The van der Waals surface area contributed by atoms with Gasteiger partial charge in [-0.15, -0.1) is 0 Å². The third kappa shape index (κ3) is 4.46. The summed E-state index contributed by atoms with van der Waals surface area (Å²) in [5.41, 5.74) is -1.02. The van der Waals surface area contributed by atoms with Crippen molar-refractivity contribution < 1.29 is 36.3 Å². The lowest BCUT2D eigenvalue weighted by Gasteiger charge is -2.38. The molecule has 9 nitrogen and oxygen atoms in total. The molecule has 1 aromatic carbocycles. The molecule has 1 atom stereocenters. The molecular formula is C17H17F3N4O5S. The van der Waals surface area contributed by atoms with Gasteiger partial charge in [0.15, 0.2) is 0 Å². The van der Waals surface area contributed by atoms with Gasteiger partial charge in [-0.3, -0.25) is 14.3 Å². The lowest BCUT2D eigenvalue weighted by Crippen LogP contribution is -2.59. The smallest absolute Gasteiger partial charge is 0.416 e. The minimum absolute atomic E-state index is 0.0657. The fourth-order valence-electron chi connectivity index (χ4n) is 3.07. The molecule has 30 heavy (non-hydrogen) atoms. The number of benzene rings is 1. The van der Waals surface area contributed by atoms with Crippen molar-refractivity contribution >= 4 is 21.9 Å². The fraction of sp³-hybridized carbons (Fsp3) is 0.353. The second kappa shape index (κ2) is 8.07. The molecule has 1 aliphatic heterocycles. The Morgan fingerprint density at radius 2 is 1.83 bits per heavy atom. The average Bonchev–Trinajstić information content (AvgIpc) is 3.20. The molecule has 3 rings (SSSR count). The summed E-state index contributed by atoms with van der Waals surface area (Å²) in [4.78, 5) is 24.9. The topological polar surface area (TPSA) is 113 Å². The van der Waals surface area contributed by atoms with Crippen LogP contribution in [0.4, 0.5) is 13.2 Å². The number of sulfonamides is 1. The molecule has 0 bridgehead atoms. The second-order valence-electron chi connectivity index (χ2n) is 6.54. The van der Waals surface area contributed by atoms with Gasteiger partial charge in [0.25, 0.3) is 0 Å². The zero-order valence-electron chi connectivity index (χ0n) is 15.4. The molecule has 0 unspecified atom stereocenters. The van der Waals surface area contributed by atoms with Crippen molar-refractivity contribution in [3.05, 3.63) is 48.3 Å². The number of alkyl halides is 3. The summed E-state index contributed by atoms with van der Waals surface area (Å²) >= 11 is 0. The number of hydrogen-bond donors (Lipinski definition) is 1. The number of nitrogens with zero attached hydrogens (tertiary/aromatic N) is 4. The number of carbonyl (C=O) groups is 2. The summed E-state index contributed by atoms with van der Waals surface area (Å²) in [6.45, 7) is -0.908. The Bertz CT molecular complexity index is 1020. The van der Waals surface area contributed by atoms with E-state index in [1.165, 1.54) is 15.8 Å². The van der Waals surface area contributed by atoms with E-state index in [4.69, 9.17) is 0 Å². The number of rotatable bonds is 5. The first-order valence-corrected chi connectivity index (χ1v) is 10.1. The van der Waals surface area contributed by atoms with Crippen LogP contribution < -0.4 is 0 Å². The number of piperazine rings is 1. The van der Waals surface area contributed by atoms with Gasteiger partial charge in [-0.25, -0.2) is 8.42 Å². The first-order valence-electron chi connectivity index (χ1n) is 8.67. The largest absolute Gasteiger partial charge is 0.480 e. The average molecular weight is 446 g/mol. The monoisotopic (exact) mass is 446 g/mol. The van der Waals surface area contributed by atoms with Crippen LogP contribution in [-0.4, -0.2) is 70.1 Å². The molecule has 1 aliphatic rings. The number of hydrogen-bond acceptors (Lipinski definition) is 5. The van der Waals surface area contributed by atoms with Crippen LogP contribution in [0, 0.1) is 0 Å². The molecule has 1 aromatic heterocycles. The fourth-order valence-corrected chi connectivity index (χ4v) is 4.63. The molecule has 0 spiro atoms. The summed E-state index contributed by atoms with van der Waals surface area (Å²) in [5, 5.41) is 13.4. The van der Waals surface area contributed by atoms with E-state index in [2.05, 4.69) is 5.10 Å². The van der Waals surface area contributed by atoms with E-state index >= 15 is 0 Å². The van der Waals surface area contributed by atoms with E-state index in [1.54, 1.807) is 12.3 Å². The molecule has 1 fully saturated rings. The van der Waals surface area contributed by atoms with Crippen LogP contribution in [0.5, 0.6) is 0 Å². The SMILES string of the molecule is O=C(O)[C@H]1CN(C(=O)Cn2cccn2)CCN1S(=O)(=O)c1ccc(C(F)(F)F)cc1. The Morgan fingerprint density at radius 3 is 2.37 bits per heavy atom. The van der Waals surface area contributed by atoms with Crippen LogP contribution in [0.1, 0.15) is 5.56 Å². The molecule has 1 saturated heterocycles. The number of aliphatic carboxylic acids is 1. The Hall–Kier alpha value is -2.93. The van der Waals surface area contributed by atoms with Crippen molar-refractivity contribution in [3.63, 3.8) is 0 Å². The highest BCUT2D eigenvalue weighted by molar-refractivity contribution is 7.89. The van der Waals surface area contributed by atoms with Crippen molar-refractivity contribution in [1.82, 2.24) is 19.0 Å². The highest BCUT2D eigenvalue weighted by atomic mass is 32.2. The normalized spacial score (nSPS) is 18.4. The molecular weight excluding hydrogens is 429 g/mol. The van der Waals surface area contributed by atoms with E-state index < -0.39 is 51.1 Å². The summed E-state index contributed by atoms with van der Waals surface area (Å²) in [6.07, 6.45) is -1.60. The van der Waals surface area contributed by atoms with Crippen LogP contribution >= 0.6 is 0 Å². The Kier molecular flexibility index (Phi) is 5.85. The zero-order chi connectivity index (χ0) is 22.1. The Balaban J connectivity index is 1.79. The molecule has 162 valence electrons. The van der Waals surface area contributed by atoms with E-state index in [0.717, 1.165) is 12.1 Å². The number of carboxylic acid groups (broad SMARTS) is 1. The van der Waals surface area contributed by atoms with Crippen molar-refractivity contribution in [2.24, 2.45) is 0 Å². The van der Waals surface area contributed by atoms with Gasteiger partial charge in [-0.1, -0.05) is 0 Å². The quantitative estimate of drug-likeness (QED) is 0.730. The third-order valence-corrected chi connectivity index (χ3v) is 6.54. The second-order valence-corrected chi connectivity index (χ2v) is 8.43. The lowest BCUT2D eigenvalue weighted by atomic mass is 10.2. The van der Waals surface area contributed by atoms with Gasteiger partial charge in [0.1, 0.15) is 12.6 Å². The van der Waals surface area contributed by atoms with E-state index in [-0.39, 0.29) is 19.6 Å². The molecule has 1 amide bonds. The molecule has 0 saturated carbocycles. The molecule has 2 aromatic rings. The van der Waals surface area contributed by atoms with Crippen LogP contribution in [0.3, 0.4) is 0 Å². The van der Waals surface area contributed by atoms with Crippen LogP contribution in [0.25, 0.3) is 0 Å². The van der Waals surface area contributed by atoms with Gasteiger partial charge in [0.2, 0.25) is 15.9 Å². The van der Waals surface area contributed by atoms with Crippen LogP contribution in [-0.2, 0) is 32.3 Å². The van der Waals surface area contributed by atoms with Crippen molar-refractivity contribution in [2.75, 3.05) is 19.6 Å². The predicted octanol–water partition coefficient (Wildman–Crippen LogP) is 0.888. The maximum absolute atomic E-state index is 12.9. The lowest BCUT2D eigenvalue weighted by molar-refractivity contribution is -0.146. The molecule has 13 heteroatoms. The minimum atomic E-state index is -4.63. The molecule has 2 heterocycles. The maximum Gasteiger partial charge on any atom is 0.416 e. The first kappa shape index (κ1) is 21.8. The Labute approximate surface area is 169 Å². The van der Waals surface area contributed by atoms with E-state index in [1.807, 2.05) is 0 Å². The molecule has 1 N–H and O–H groups in total. The number of carbonyl (C=O) groups excluding carboxylic acids is 1. The summed E-state index contributed by atoms with van der Waals surface area (Å²) in [7, 11) is -4.39. The van der Waals surface area contributed by atoms with Crippen LogP contribution in [0.2, 0.25) is 0 Å². The highest BCUT2D eigenvalue weighted by Gasteiger charge is 2.41. The van der Waals surface area contributed by atoms with E-state index in [9.17, 15) is 36.3 Å². The van der Waals surface area contributed by atoms with Gasteiger partial charge in [0.05, 0.1) is 10.5 Å². The van der Waals surface area contributed by atoms with Gasteiger partial charge in [0, 0.05) is 32.0 Å². The number of amides is 1. The third-order valence-electron chi connectivity index (χ3n) is 4.61. The van der Waals surface area contributed by atoms with E-state index in [0.29, 0.717) is 16.4 Å². The van der Waals surface area contributed by atoms with Gasteiger partial charge >= 0.3 is 12.1 Å².